The van der Waals surface area contributed by atoms with Crippen molar-refractivity contribution in [2.45, 2.75) is 0 Å². The maximum absolute atomic E-state index is 6.50. The van der Waals surface area contributed by atoms with Crippen LogP contribution in [-0.2, 0) is 0 Å². The lowest BCUT2D eigenvalue weighted by Gasteiger charge is -1.27. The van der Waals surface area contributed by atoms with Crippen molar-refractivity contribution in [1.29, 1.82) is 0 Å². The first-order chi connectivity index (χ1) is 1.00. The minimum Gasteiger partial charge on any atom is -0.320 e. The summed E-state index contributed by atoms with van der Waals surface area (Å²) in [6.07, 6.45) is 0. The highest BCUT2D eigenvalue weighted by Crippen LogP contribution is 0.690. The molecule has 4 heavy (non-hydrogen) atoms. The van der Waals surface area contributed by atoms with Gasteiger partial charge in [0.25, 0.3) is 0 Å². The third kappa shape index (κ3) is 48.9. The Morgan fingerprint density at radius 2 is 1.25 bits per heavy atom. The van der Waals surface area contributed by atoms with Crippen LogP contribution in [0.3, 0.4) is 0 Å². The molecule has 0 saturated carbocycles. The summed E-state index contributed by atoms with van der Waals surface area (Å²) in [5, 5.41) is 6.50. The summed E-state index contributed by atoms with van der Waals surface area (Å²) in [4.78, 5) is 0. The van der Waals surface area contributed by atoms with E-state index in [-0.39, 0.29) is 20.8 Å². The maximum Gasteiger partial charge on any atom is 0 e. The van der Waals surface area contributed by atoms with Crippen LogP contribution in [0.25, 0.3) is 0 Å². The van der Waals surface area contributed by atoms with Crippen molar-refractivity contribution >= 4 is 20.8 Å². The van der Waals surface area contributed by atoms with Crippen molar-refractivity contribution in [3.05, 3.63) is 0 Å². The van der Waals surface area contributed by atoms with Gasteiger partial charge in [-0.2, -0.15) is 0 Å². The van der Waals surface area contributed by atoms with Gasteiger partial charge in [-0.15, -0.1) is 12.4 Å². The second kappa shape index (κ2) is 224. The van der Waals surface area contributed by atoms with Gasteiger partial charge in [0.05, 0.1) is 0 Å². The molecule has 0 aromatic rings. The van der Waals surface area contributed by atoms with Crippen LogP contribution >= 0.6 is 12.4 Å². The van der Waals surface area contributed by atoms with E-state index in [4.69, 9.17) is 5.21 Å². The van der Waals surface area contributed by atoms with E-state index in [1.54, 1.807) is 0 Å². The summed E-state index contributed by atoms with van der Waals surface area (Å²) in [5.41, 5.74) is 0. The molecule has 0 atom stereocenters. The highest BCUT2D eigenvalue weighted by Gasteiger charge is 0.732. The van der Waals surface area contributed by atoms with Gasteiger partial charge in [-0.05, 0) is 0 Å². The first-order valence-electron chi connectivity index (χ1n) is 0.258. The van der Waals surface area contributed by atoms with Crippen molar-refractivity contribution in [2.75, 3.05) is 0 Å². The van der Waals surface area contributed by atoms with E-state index in [1.807, 2.05) is 0 Å². The zero-order valence-corrected chi connectivity index (χ0v) is 2.83. The summed E-state index contributed by atoms with van der Waals surface area (Å²) in [5.74, 6) is 3.50. The maximum atomic E-state index is 6.50. The quantitative estimate of drug-likeness (QED) is 0.301. The fraction of sp³-hybridized carbons (Fsp3) is 0. The fourth-order valence-corrected chi connectivity index (χ4v) is 0. The summed E-state index contributed by atoms with van der Waals surface area (Å²) in [6.45, 7) is 0. The second-order valence-corrected chi connectivity index (χ2v) is 0. The Morgan fingerprint density at radius 3 is 1.25 bits per heavy atom. The Labute approximate surface area is 32.9 Å². The monoisotopic (exact) mass is 80.0 g/mol. The summed E-state index contributed by atoms with van der Waals surface area (Å²) in [7, 11) is 0. The summed E-state index contributed by atoms with van der Waals surface area (Å²) in [6, 6.07) is 0. The zero-order chi connectivity index (χ0) is 2.00. The predicted octanol–water partition coefficient (Wildman–Crippen LogP) is -0.625. The number of rotatable bonds is 0. The third-order valence-corrected chi connectivity index (χ3v) is 0. The van der Waals surface area contributed by atoms with Crippen LogP contribution in [0.15, 0.2) is 0 Å². The molecule has 2 nitrogen and oxygen atoms in total. The summed E-state index contributed by atoms with van der Waals surface area (Å²) >= 11 is 0. The van der Waals surface area contributed by atoms with Crippen molar-refractivity contribution < 1.29 is 5.21 Å². The molecule has 0 aromatic carbocycles. The van der Waals surface area contributed by atoms with Crippen molar-refractivity contribution in [1.82, 2.24) is 0 Å². The SMILES string of the molecule is Cl.NO.[B]. The fourth-order valence-electron chi connectivity index (χ4n) is 0. The molecule has 0 fully saturated rings. The average Bonchev–Trinajstić information content (AvgIpc) is 1.00. The lowest BCUT2D eigenvalue weighted by molar-refractivity contribution is 0.311. The lowest BCUT2D eigenvalue weighted by atomic mass is 10.8. The Kier molecular flexibility index (Phi) is 1580. The van der Waals surface area contributed by atoms with E-state index in [9.17, 15) is 0 Å². The number of hydrogen-bond acceptors (Lipinski definition) is 2. The Hall–Kier alpha value is 0.275. The van der Waals surface area contributed by atoms with Gasteiger partial charge in [0.1, 0.15) is 0 Å². The van der Waals surface area contributed by atoms with Crippen LogP contribution in [0.2, 0.25) is 0 Å². The molecule has 0 amide bonds. The van der Waals surface area contributed by atoms with Gasteiger partial charge in [-0.25, -0.2) is 5.90 Å². The van der Waals surface area contributed by atoms with Gasteiger partial charge < -0.3 is 5.21 Å². The molecule has 0 aliphatic rings. The Morgan fingerprint density at radius 1 is 1.25 bits per heavy atom. The smallest absolute Gasteiger partial charge is 0 e. The van der Waals surface area contributed by atoms with Crippen LogP contribution < -0.4 is 5.90 Å². The molecule has 0 heterocycles. The number of halogens is 1. The molecule has 3 N–H and O–H groups in total. The van der Waals surface area contributed by atoms with Gasteiger partial charge >= 0.3 is 0 Å². The van der Waals surface area contributed by atoms with Crippen LogP contribution in [0.4, 0.5) is 0 Å². The molecule has 0 aliphatic carbocycles. The molecule has 25 valence electrons. The largest absolute Gasteiger partial charge is 0.320 e. The molecule has 0 bridgehead atoms. The number of hydrogen-bond donors (Lipinski definition) is 2. The Balaban J connectivity index is -0.00000000500. The Bertz CT molecular complexity index is 8.00. The first kappa shape index (κ1) is 28.2. The second-order valence-electron chi connectivity index (χ2n) is 0. The van der Waals surface area contributed by atoms with Crippen LogP contribution in [0.1, 0.15) is 0 Å². The summed E-state index contributed by atoms with van der Waals surface area (Å²) < 4.78 is 0. The van der Waals surface area contributed by atoms with Crippen LogP contribution in [0.5, 0.6) is 0 Å². The first-order valence-corrected chi connectivity index (χ1v) is 0.258. The van der Waals surface area contributed by atoms with Gasteiger partial charge in [0.2, 0.25) is 0 Å². The molecule has 0 spiro atoms. The molecular weight excluding hydrogens is 76.3 g/mol. The van der Waals surface area contributed by atoms with Crippen LogP contribution in [0, 0.1) is 0 Å². The average molecular weight is 80.3 g/mol. The third-order valence-electron chi connectivity index (χ3n) is 0. The standard InChI is InChI=1S/B.ClH.H3NO/c;;1-2/h;1H;2H,1H2. The highest BCUT2D eigenvalue weighted by atomic mass is 35.5. The molecule has 4 heteroatoms. The molecule has 0 rings (SSSR count). The van der Waals surface area contributed by atoms with E-state index < -0.39 is 0 Å². The van der Waals surface area contributed by atoms with E-state index in [2.05, 4.69) is 5.90 Å². The molecule has 0 aromatic heterocycles. The van der Waals surface area contributed by atoms with Gasteiger partial charge in [0.15, 0.2) is 0 Å². The molecule has 0 aliphatic heterocycles. The molecule has 0 unspecified atom stereocenters. The minimum absolute atomic E-state index is 0. The van der Waals surface area contributed by atoms with Crippen molar-refractivity contribution in [2.24, 2.45) is 5.90 Å². The van der Waals surface area contributed by atoms with Gasteiger partial charge in [-0.1, -0.05) is 0 Å². The van der Waals surface area contributed by atoms with E-state index in [0.29, 0.717) is 0 Å². The zero-order valence-electron chi connectivity index (χ0n) is 2.01. The number of nitrogens with two attached hydrogens (primary N) is 1. The molecule has 3 radical (unpaired) electrons. The van der Waals surface area contributed by atoms with E-state index in [1.165, 1.54) is 0 Å². The van der Waals surface area contributed by atoms with Crippen molar-refractivity contribution in [3.63, 3.8) is 0 Å². The molecular formula is H4BClNO. The lowest BCUT2D eigenvalue weighted by Crippen LogP contribution is -1.72. The van der Waals surface area contributed by atoms with Gasteiger partial charge in [-0.3, -0.25) is 0 Å². The van der Waals surface area contributed by atoms with E-state index in [0.717, 1.165) is 0 Å². The van der Waals surface area contributed by atoms with Gasteiger partial charge in [0, 0.05) is 8.41 Å². The highest BCUT2D eigenvalue weighted by molar-refractivity contribution is 5.85. The topological polar surface area (TPSA) is 46.2 Å². The minimum atomic E-state index is 0. The predicted molar refractivity (Wildman–Crippen MR) is 19.0 cm³/mol. The molecule has 0 saturated heterocycles. The normalized spacial score (nSPS) is 1.50. The van der Waals surface area contributed by atoms with Crippen molar-refractivity contribution in [3.8, 4) is 0 Å². The van der Waals surface area contributed by atoms with E-state index >= 15 is 0 Å². The van der Waals surface area contributed by atoms with Crippen LogP contribution in [-0.4, -0.2) is 13.6 Å².